The quantitative estimate of drug-likeness (QED) is 0.250. The first-order valence-corrected chi connectivity index (χ1v) is 12.1. The van der Waals surface area contributed by atoms with Crippen LogP contribution in [0, 0.1) is 0 Å². The molecule has 0 unspecified atom stereocenters. The topological polar surface area (TPSA) is 82.8 Å². The second-order valence-corrected chi connectivity index (χ2v) is 9.68. The summed E-state index contributed by atoms with van der Waals surface area (Å²) in [6.07, 6.45) is 1.57. The van der Waals surface area contributed by atoms with E-state index in [4.69, 9.17) is 9.47 Å². The summed E-state index contributed by atoms with van der Waals surface area (Å²) in [6, 6.07) is 8.96. The lowest BCUT2D eigenvalue weighted by atomic mass is 10.2. The number of aromatic nitrogens is 2. The number of hydrogen-bond donors (Lipinski definition) is 0. The molecule has 0 aliphatic carbocycles. The van der Waals surface area contributed by atoms with Crippen molar-refractivity contribution < 1.29 is 14.3 Å². The third-order valence-corrected chi connectivity index (χ3v) is 6.00. The van der Waals surface area contributed by atoms with E-state index in [-0.39, 0.29) is 24.7 Å². The number of ether oxygens (including phenoxy) is 2. The first kappa shape index (κ1) is 24.6. The fourth-order valence-electron chi connectivity index (χ4n) is 2.90. The van der Waals surface area contributed by atoms with Gasteiger partial charge in [0.2, 0.25) is 0 Å². The predicted octanol–water partition coefficient (Wildman–Crippen LogP) is 5.63. The molecule has 0 saturated heterocycles. The zero-order valence-electron chi connectivity index (χ0n) is 17.6. The van der Waals surface area contributed by atoms with Gasteiger partial charge in [-0.1, -0.05) is 29.8 Å². The van der Waals surface area contributed by atoms with E-state index in [9.17, 15) is 9.59 Å². The van der Waals surface area contributed by atoms with E-state index < -0.39 is 5.97 Å². The molecule has 10 heteroatoms. The Balaban J connectivity index is 1.97. The van der Waals surface area contributed by atoms with Crippen LogP contribution in [0.4, 0.5) is 0 Å². The first-order valence-electron chi connectivity index (χ1n) is 9.75. The summed E-state index contributed by atoms with van der Waals surface area (Å²) in [5.74, 6) is 0.569. The number of halogens is 3. The molecule has 168 valence electrons. The Hall–Kier alpha value is -2.04. The van der Waals surface area contributed by atoms with E-state index in [1.165, 1.54) is 4.68 Å². The molecule has 1 aromatic heterocycles. The number of esters is 1. The lowest BCUT2D eigenvalue weighted by Crippen LogP contribution is -2.23. The van der Waals surface area contributed by atoms with Crippen LogP contribution in [0.2, 0.25) is 0 Å². The van der Waals surface area contributed by atoms with Crippen LogP contribution < -0.4 is 10.3 Å². The van der Waals surface area contributed by atoms with Gasteiger partial charge in [-0.15, -0.1) is 0 Å². The van der Waals surface area contributed by atoms with Gasteiger partial charge in [0.1, 0.15) is 11.6 Å². The van der Waals surface area contributed by atoms with Gasteiger partial charge in [-0.3, -0.25) is 4.79 Å². The van der Waals surface area contributed by atoms with Gasteiger partial charge in [0.15, 0.2) is 6.61 Å². The van der Waals surface area contributed by atoms with Gasteiger partial charge >= 0.3 is 5.97 Å². The maximum absolute atomic E-state index is 13.1. The molecule has 3 rings (SSSR count). The van der Waals surface area contributed by atoms with E-state index in [2.05, 4.69) is 57.9 Å². The Morgan fingerprint density at radius 3 is 2.50 bits per heavy atom. The first-order chi connectivity index (χ1) is 15.2. The molecular formula is C22H20Br3N3O4. The van der Waals surface area contributed by atoms with Gasteiger partial charge in [0.05, 0.1) is 32.7 Å². The van der Waals surface area contributed by atoms with Crippen LogP contribution in [-0.4, -0.2) is 35.1 Å². The Morgan fingerprint density at radius 1 is 1.19 bits per heavy atom. The molecule has 0 N–H and O–H groups in total. The Bertz CT molecular complexity index is 1230. The second-order valence-electron chi connectivity index (χ2n) is 7.06. The number of carbonyl (C=O) groups is 1. The minimum Gasteiger partial charge on any atom is -0.480 e. The van der Waals surface area contributed by atoms with Crippen LogP contribution in [0.1, 0.15) is 38.1 Å². The lowest BCUT2D eigenvalue weighted by Gasteiger charge is -2.12. The highest BCUT2D eigenvalue weighted by molar-refractivity contribution is 9.11. The SMILES string of the molecule is CCOC(=O)COc1c(Br)cc(C=Nn2c(C(C)C)nc3ccc(Br)cc3c2=O)cc1Br. The van der Waals surface area contributed by atoms with E-state index in [0.29, 0.717) is 37.0 Å². The van der Waals surface area contributed by atoms with E-state index in [1.807, 2.05) is 26.0 Å². The average Bonchev–Trinajstić information content (AvgIpc) is 2.72. The van der Waals surface area contributed by atoms with Crippen molar-refractivity contribution in [2.75, 3.05) is 13.2 Å². The van der Waals surface area contributed by atoms with Crippen molar-refractivity contribution in [1.29, 1.82) is 0 Å². The Morgan fingerprint density at radius 2 is 1.88 bits per heavy atom. The Kier molecular flexibility index (Phi) is 8.24. The summed E-state index contributed by atoms with van der Waals surface area (Å²) < 4.78 is 13.8. The number of fused-ring (bicyclic) bond motifs is 1. The number of carbonyl (C=O) groups excluding carboxylic acids is 1. The van der Waals surface area contributed by atoms with Crippen LogP contribution >= 0.6 is 47.8 Å². The monoisotopic (exact) mass is 627 g/mol. The summed E-state index contributed by atoms with van der Waals surface area (Å²) >= 11 is 10.3. The van der Waals surface area contributed by atoms with Gasteiger partial charge in [-0.2, -0.15) is 9.78 Å². The van der Waals surface area contributed by atoms with Crippen molar-refractivity contribution in [3.05, 3.63) is 65.5 Å². The Labute approximate surface area is 210 Å². The number of benzene rings is 2. The highest BCUT2D eigenvalue weighted by Gasteiger charge is 2.15. The van der Waals surface area contributed by atoms with Crippen LogP contribution in [-0.2, 0) is 9.53 Å². The zero-order chi connectivity index (χ0) is 23.4. The summed E-state index contributed by atoms with van der Waals surface area (Å²) in [7, 11) is 0. The molecule has 0 bridgehead atoms. The molecule has 0 aliphatic heterocycles. The van der Waals surface area contributed by atoms with Gasteiger partial charge in [-0.25, -0.2) is 9.78 Å². The second kappa shape index (κ2) is 10.7. The summed E-state index contributed by atoms with van der Waals surface area (Å²) in [4.78, 5) is 29.3. The highest BCUT2D eigenvalue weighted by atomic mass is 79.9. The van der Waals surface area contributed by atoms with Gasteiger partial charge in [0, 0.05) is 10.4 Å². The third kappa shape index (κ3) is 5.65. The number of hydrogen-bond acceptors (Lipinski definition) is 6. The van der Waals surface area contributed by atoms with E-state index >= 15 is 0 Å². The molecule has 0 aliphatic rings. The molecule has 0 spiro atoms. The summed E-state index contributed by atoms with van der Waals surface area (Å²) in [5.41, 5.74) is 1.09. The number of rotatable bonds is 7. The van der Waals surface area contributed by atoms with Crippen molar-refractivity contribution in [1.82, 2.24) is 9.66 Å². The minimum atomic E-state index is -0.451. The molecule has 0 saturated carbocycles. The molecule has 1 heterocycles. The largest absolute Gasteiger partial charge is 0.480 e. The fraction of sp³-hybridized carbons (Fsp3) is 0.273. The minimum absolute atomic E-state index is 0.00924. The molecule has 32 heavy (non-hydrogen) atoms. The van der Waals surface area contributed by atoms with Crippen LogP contribution in [0.5, 0.6) is 5.75 Å². The fourth-order valence-corrected chi connectivity index (χ4v) is 4.71. The third-order valence-electron chi connectivity index (χ3n) is 4.33. The van der Waals surface area contributed by atoms with Crippen molar-refractivity contribution in [3.63, 3.8) is 0 Å². The van der Waals surface area contributed by atoms with Crippen molar-refractivity contribution in [2.45, 2.75) is 26.7 Å². The molecule has 0 atom stereocenters. The molecule has 0 amide bonds. The van der Waals surface area contributed by atoms with Gasteiger partial charge in [0.25, 0.3) is 5.56 Å². The molecule has 0 fully saturated rings. The van der Waals surface area contributed by atoms with Gasteiger partial charge < -0.3 is 9.47 Å². The van der Waals surface area contributed by atoms with Crippen molar-refractivity contribution in [2.24, 2.45) is 5.10 Å². The molecule has 0 radical (unpaired) electrons. The van der Waals surface area contributed by atoms with Crippen molar-refractivity contribution >= 4 is 70.9 Å². The average molecular weight is 630 g/mol. The number of nitrogens with zero attached hydrogens (tertiary/aromatic N) is 3. The highest BCUT2D eigenvalue weighted by Crippen LogP contribution is 2.34. The molecule has 2 aromatic carbocycles. The standard InChI is InChI=1S/C22H20Br3N3O4/c1-4-31-19(29)11-32-20-16(24)7-13(8-17(20)25)10-26-28-21(12(2)3)27-18-6-5-14(23)9-15(18)22(28)30/h5-10,12H,4,11H2,1-3H3. The molecule has 3 aromatic rings. The van der Waals surface area contributed by atoms with Gasteiger partial charge in [-0.05, 0) is 74.7 Å². The van der Waals surface area contributed by atoms with E-state index in [1.54, 1.807) is 31.3 Å². The van der Waals surface area contributed by atoms with Crippen LogP contribution in [0.3, 0.4) is 0 Å². The zero-order valence-corrected chi connectivity index (χ0v) is 22.3. The molecule has 7 nitrogen and oxygen atoms in total. The smallest absolute Gasteiger partial charge is 0.344 e. The summed E-state index contributed by atoms with van der Waals surface area (Å²) in [6.45, 7) is 5.74. The lowest BCUT2D eigenvalue weighted by molar-refractivity contribution is -0.145. The predicted molar refractivity (Wildman–Crippen MR) is 135 cm³/mol. The van der Waals surface area contributed by atoms with Crippen LogP contribution in [0.15, 0.2) is 53.6 Å². The normalized spacial score (nSPS) is 11.5. The molecular weight excluding hydrogens is 610 g/mol. The summed E-state index contributed by atoms with van der Waals surface area (Å²) in [5, 5.41) is 4.91. The van der Waals surface area contributed by atoms with E-state index in [0.717, 1.165) is 4.47 Å². The van der Waals surface area contributed by atoms with Crippen molar-refractivity contribution in [3.8, 4) is 5.75 Å². The van der Waals surface area contributed by atoms with Crippen LogP contribution in [0.25, 0.3) is 10.9 Å². The maximum atomic E-state index is 13.1. The maximum Gasteiger partial charge on any atom is 0.344 e.